The number of hydrogen-bond donors (Lipinski definition) is 0. The van der Waals surface area contributed by atoms with Crippen LogP contribution in [0, 0.1) is 5.92 Å². The molecule has 1 fully saturated rings. The number of hydrogen-bond acceptors (Lipinski definition) is 5. The summed E-state index contributed by atoms with van der Waals surface area (Å²) >= 11 is 0. The van der Waals surface area contributed by atoms with Gasteiger partial charge in [-0.15, -0.1) is 0 Å². The Morgan fingerprint density at radius 1 is 0.968 bits per heavy atom. The third-order valence-electron chi connectivity index (χ3n) is 5.63. The van der Waals surface area contributed by atoms with E-state index in [1.54, 1.807) is 30.3 Å². The van der Waals surface area contributed by atoms with Gasteiger partial charge in [0.25, 0.3) is 5.56 Å². The highest BCUT2D eigenvalue weighted by atomic mass is 32.2. The molecule has 4 rings (SSSR count). The van der Waals surface area contributed by atoms with Crippen molar-refractivity contribution in [3.63, 3.8) is 0 Å². The van der Waals surface area contributed by atoms with Gasteiger partial charge in [-0.1, -0.05) is 42.5 Å². The second-order valence-corrected chi connectivity index (χ2v) is 9.51. The van der Waals surface area contributed by atoms with Gasteiger partial charge in [0.15, 0.2) is 0 Å². The highest BCUT2D eigenvalue weighted by Crippen LogP contribution is 2.29. The van der Waals surface area contributed by atoms with Crippen LogP contribution in [0.25, 0.3) is 11.3 Å². The van der Waals surface area contributed by atoms with E-state index >= 15 is 0 Å². The normalized spacial score (nSPS) is 15.6. The molecule has 3 aromatic rings. The molecule has 1 aromatic heterocycles. The van der Waals surface area contributed by atoms with E-state index in [2.05, 4.69) is 5.10 Å². The summed E-state index contributed by atoms with van der Waals surface area (Å²) in [6, 6.07) is 19.7. The molecule has 2 aromatic carbocycles. The number of nitrogens with zero attached hydrogens (tertiary/aromatic N) is 3. The molecule has 7 nitrogen and oxygen atoms in total. The van der Waals surface area contributed by atoms with E-state index in [1.807, 2.05) is 30.3 Å². The minimum absolute atomic E-state index is 0.149. The number of rotatable bonds is 6. The topological polar surface area (TPSA) is 81.5 Å². The van der Waals surface area contributed by atoms with Gasteiger partial charge in [0.1, 0.15) is 10.6 Å². The van der Waals surface area contributed by atoms with E-state index < -0.39 is 10.0 Å². The van der Waals surface area contributed by atoms with Gasteiger partial charge >= 0.3 is 0 Å². The molecule has 1 aliphatic heterocycles. The second-order valence-electron chi connectivity index (χ2n) is 7.60. The Hall–Kier alpha value is -2.97. The van der Waals surface area contributed by atoms with Crippen LogP contribution in [0.4, 0.5) is 0 Å². The van der Waals surface area contributed by atoms with Gasteiger partial charge in [0, 0.05) is 31.3 Å². The highest BCUT2D eigenvalue weighted by Gasteiger charge is 2.31. The van der Waals surface area contributed by atoms with Crippen LogP contribution in [-0.2, 0) is 16.6 Å². The molecule has 0 spiro atoms. The van der Waals surface area contributed by atoms with E-state index in [0.717, 1.165) is 11.3 Å². The van der Waals surface area contributed by atoms with Crippen molar-refractivity contribution >= 4 is 10.0 Å². The lowest BCUT2D eigenvalue weighted by Gasteiger charge is -2.31. The summed E-state index contributed by atoms with van der Waals surface area (Å²) in [4.78, 5) is 12.5. The van der Waals surface area contributed by atoms with Crippen molar-refractivity contribution in [2.24, 2.45) is 5.92 Å². The first-order chi connectivity index (χ1) is 15.0. The van der Waals surface area contributed by atoms with Crippen LogP contribution in [0.3, 0.4) is 0 Å². The van der Waals surface area contributed by atoms with Gasteiger partial charge in [-0.2, -0.15) is 9.40 Å². The monoisotopic (exact) mass is 439 g/mol. The van der Waals surface area contributed by atoms with Gasteiger partial charge in [-0.3, -0.25) is 4.79 Å². The standard InChI is InChI=1S/C23H25N3O4S/c1-30-21-9-5-6-10-22(21)31(28,29)25-15-13-18(14-16-25)17-26-23(27)12-11-20(24-26)19-7-3-2-4-8-19/h2-12,18H,13-17H2,1H3. The molecule has 0 amide bonds. The van der Waals surface area contributed by atoms with Crippen LogP contribution in [0.2, 0.25) is 0 Å². The summed E-state index contributed by atoms with van der Waals surface area (Å²) in [6.07, 6.45) is 1.33. The summed E-state index contributed by atoms with van der Waals surface area (Å²) in [7, 11) is -2.16. The summed E-state index contributed by atoms with van der Waals surface area (Å²) < 4.78 is 34.4. The fraction of sp³-hybridized carbons (Fsp3) is 0.304. The largest absolute Gasteiger partial charge is 0.495 e. The van der Waals surface area contributed by atoms with Crippen molar-refractivity contribution < 1.29 is 13.2 Å². The molecule has 0 N–H and O–H groups in total. The van der Waals surface area contributed by atoms with Crippen molar-refractivity contribution in [1.29, 1.82) is 0 Å². The Labute approximate surface area is 182 Å². The Balaban J connectivity index is 1.46. The van der Waals surface area contributed by atoms with Crippen LogP contribution in [0.5, 0.6) is 5.75 Å². The predicted octanol–water partition coefficient (Wildman–Crippen LogP) is 3.02. The van der Waals surface area contributed by atoms with E-state index in [9.17, 15) is 13.2 Å². The van der Waals surface area contributed by atoms with Gasteiger partial charge < -0.3 is 4.74 Å². The van der Waals surface area contributed by atoms with Crippen LogP contribution in [0.15, 0.2) is 76.4 Å². The first kappa shape index (κ1) is 21.3. The molecule has 31 heavy (non-hydrogen) atoms. The number of benzene rings is 2. The fourth-order valence-corrected chi connectivity index (χ4v) is 5.52. The van der Waals surface area contributed by atoms with E-state index in [4.69, 9.17) is 4.74 Å². The lowest BCUT2D eigenvalue weighted by atomic mass is 9.98. The number of piperidine rings is 1. The number of methoxy groups -OCH3 is 1. The van der Waals surface area contributed by atoms with E-state index in [-0.39, 0.29) is 16.4 Å². The van der Waals surface area contributed by atoms with Crippen LogP contribution in [-0.4, -0.2) is 42.7 Å². The summed E-state index contributed by atoms with van der Waals surface area (Å²) in [5.74, 6) is 0.526. The minimum atomic E-state index is -3.63. The van der Waals surface area contributed by atoms with Crippen LogP contribution < -0.4 is 10.3 Å². The number of aromatic nitrogens is 2. The van der Waals surface area contributed by atoms with Crippen LogP contribution in [0.1, 0.15) is 12.8 Å². The average Bonchev–Trinajstić information content (AvgIpc) is 2.81. The Morgan fingerprint density at radius 2 is 1.65 bits per heavy atom. The first-order valence-corrected chi connectivity index (χ1v) is 11.7. The zero-order valence-electron chi connectivity index (χ0n) is 17.3. The SMILES string of the molecule is COc1ccccc1S(=O)(=O)N1CCC(Cn2nc(-c3ccccc3)ccc2=O)CC1. The molecular weight excluding hydrogens is 414 g/mol. The van der Waals surface area contributed by atoms with E-state index in [0.29, 0.717) is 38.2 Å². The molecule has 0 atom stereocenters. The van der Waals surface area contributed by atoms with E-state index in [1.165, 1.54) is 22.2 Å². The second kappa shape index (κ2) is 9.03. The summed E-state index contributed by atoms with van der Waals surface area (Å²) in [5, 5.41) is 4.53. The lowest BCUT2D eigenvalue weighted by molar-refractivity contribution is 0.244. The zero-order valence-corrected chi connectivity index (χ0v) is 18.2. The molecule has 0 radical (unpaired) electrons. The predicted molar refractivity (Wildman–Crippen MR) is 118 cm³/mol. The van der Waals surface area contributed by atoms with Crippen LogP contribution >= 0.6 is 0 Å². The number of sulfonamides is 1. The lowest BCUT2D eigenvalue weighted by Crippen LogP contribution is -2.40. The molecule has 1 saturated heterocycles. The van der Waals surface area contributed by atoms with Gasteiger partial charge in [0.05, 0.1) is 12.8 Å². The maximum atomic E-state index is 13.1. The Bertz CT molecular complexity index is 1200. The minimum Gasteiger partial charge on any atom is -0.495 e. The maximum absolute atomic E-state index is 13.1. The number of ether oxygens (including phenoxy) is 1. The third kappa shape index (κ3) is 4.55. The third-order valence-corrected chi connectivity index (χ3v) is 7.57. The Morgan fingerprint density at radius 3 is 2.35 bits per heavy atom. The van der Waals surface area contributed by atoms with Gasteiger partial charge in [0.2, 0.25) is 10.0 Å². The quantitative estimate of drug-likeness (QED) is 0.590. The smallest absolute Gasteiger partial charge is 0.266 e. The zero-order chi connectivity index (χ0) is 21.8. The summed E-state index contributed by atoms with van der Waals surface area (Å²) in [6.45, 7) is 1.28. The average molecular weight is 440 g/mol. The molecule has 162 valence electrons. The molecule has 2 heterocycles. The highest BCUT2D eigenvalue weighted by molar-refractivity contribution is 7.89. The number of para-hydroxylation sites is 1. The molecular formula is C23H25N3O4S. The molecule has 0 aliphatic carbocycles. The van der Waals surface area contributed by atoms with Gasteiger partial charge in [-0.25, -0.2) is 13.1 Å². The molecule has 1 aliphatic rings. The maximum Gasteiger partial charge on any atom is 0.266 e. The fourth-order valence-electron chi connectivity index (χ4n) is 3.89. The molecule has 8 heteroatoms. The first-order valence-electron chi connectivity index (χ1n) is 10.3. The molecule has 0 bridgehead atoms. The summed E-state index contributed by atoms with van der Waals surface area (Å²) in [5.41, 5.74) is 1.55. The van der Waals surface area contributed by atoms with Crippen molar-refractivity contribution in [3.8, 4) is 17.0 Å². The molecule has 0 saturated carbocycles. The Kier molecular flexibility index (Phi) is 6.20. The van der Waals surface area contributed by atoms with Crippen molar-refractivity contribution in [3.05, 3.63) is 77.1 Å². The van der Waals surface area contributed by atoms with Crippen molar-refractivity contribution in [2.75, 3.05) is 20.2 Å². The van der Waals surface area contributed by atoms with Crippen molar-refractivity contribution in [1.82, 2.24) is 14.1 Å². The van der Waals surface area contributed by atoms with Gasteiger partial charge in [-0.05, 0) is 37.0 Å². The molecule has 0 unspecified atom stereocenters. The van der Waals surface area contributed by atoms with Crippen molar-refractivity contribution in [2.45, 2.75) is 24.3 Å².